The van der Waals surface area contributed by atoms with Crippen LogP contribution in [0.2, 0.25) is 0 Å². The molecule has 0 bridgehead atoms. The van der Waals surface area contributed by atoms with E-state index in [1.54, 1.807) is 49.6 Å². The van der Waals surface area contributed by atoms with Crippen LogP contribution in [-0.2, 0) is 0 Å². The predicted octanol–water partition coefficient (Wildman–Crippen LogP) is 2.04. The van der Waals surface area contributed by atoms with Crippen molar-refractivity contribution in [2.75, 3.05) is 20.3 Å². The van der Waals surface area contributed by atoms with Crippen LogP contribution in [0.1, 0.15) is 34.8 Å². The van der Waals surface area contributed by atoms with E-state index < -0.39 is 0 Å². The number of methoxy groups -OCH3 is 1. The molecule has 0 saturated carbocycles. The highest BCUT2D eigenvalue weighted by Gasteiger charge is 2.12. The Bertz CT molecular complexity index is 745. The first kappa shape index (κ1) is 19.2. The summed E-state index contributed by atoms with van der Waals surface area (Å²) in [5, 5.41) is 5.46. The molecule has 0 saturated heterocycles. The van der Waals surface area contributed by atoms with Crippen LogP contribution < -0.4 is 20.1 Å². The predicted molar refractivity (Wildman–Crippen MR) is 97.7 cm³/mol. The molecule has 7 heteroatoms. The minimum Gasteiger partial charge on any atom is -0.497 e. The summed E-state index contributed by atoms with van der Waals surface area (Å²) in [6, 6.07) is 11.9. The number of pyridine rings is 1. The third-order valence-electron chi connectivity index (χ3n) is 3.35. The normalized spacial score (nSPS) is 10.3. The van der Waals surface area contributed by atoms with E-state index >= 15 is 0 Å². The maximum Gasteiger partial charge on any atom is 0.270 e. The number of carbonyl (C=O) groups is 2. The molecule has 2 amide bonds. The van der Waals surface area contributed by atoms with Crippen molar-refractivity contribution in [1.82, 2.24) is 15.6 Å². The van der Waals surface area contributed by atoms with Gasteiger partial charge in [-0.1, -0.05) is 6.07 Å². The Morgan fingerprint density at radius 2 is 1.62 bits per heavy atom. The first-order valence-corrected chi connectivity index (χ1v) is 8.32. The fourth-order valence-electron chi connectivity index (χ4n) is 2.12. The SMILES string of the molecule is COc1ccc(OCCNC(=O)c2cccc(C(=O)NC(C)C)n2)cc1. The van der Waals surface area contributed by atoms with E-state index in [9.17, 15) is 9.59 Å². The molecule has 2 N–H and O–H groups in total. The van der Waals surface area contributed by atoms with Crippen LogP contribution in [-0.4, -0.2) is 43.1 Å². The smallest absolute Gasteiger partial charge is 0.270 e. The largest absolute Gasteiger partial charge is 0.497 e. The van der Waals surface area contributed by atoms with Gasteiger partial charge in [-0.3, -0.25) is 9.59 Å². The highest BCUT2D eigenvalue weighted by molar-refractivity contribution is 5.96. The molecule has 0 radical (unpaired) electrons. The summed E-state index contributed by atoms with van der Waals surface area (Å²) in [5.74, 6) is 0.767. The highest BCUT2D eigenvalue weighted by Crippen LogP contribution is 2.16. The minimum absolute atomic E-state index is 0.00288. The second-order valence-electron chi connectivity index (χ2n) is 5.82. The average Bonchev–Trinajstić information content (AvgIpc) is 2.65. The Balaban J connectivity index is 1.82. The quantitative estimate of drug-likeness (QED) is 0.706. The van der Waals surface area contributed by atoms with Gasteiger partial charge in [0, 0.05) is 6.04 Å². The lowest BCUT2D eigenvalue weighted by molar-refractivity contribution is 0.0935. The van der Waals surface area contributed by atoms with E-state index in [1.807, 2.05) is 13.8 Å². The molecule has 138 valence electrons. The Morgan fingerprint density at radius 1 is 1.00 bits per heavy atom. The molecule has 1 aromatic heterocycles. The lowest BCUT2D eigenvalue weighted by atomic mass is 10.2. The van der Waals surface area contributed by atoms with Crippen molar-refractivity contribution in [3.05, 3.63) is 53.9 Å². The number of benzene rings is 1. The van der Waals surface area contributed by atoms with Gasteiger partial charge in [-0.2, -0.15) is 0 Å². The number of nitrogens with one attached hydrogen (secondary N) is 2. The minimum atomic E-state index is -0.359. The zero-order chi connectivity index (χ0) is 18.9. The molecule has 0 spiro atoms. The van der Waals surface area contributed by atoms with Crippen LogP contribution in [0.25, 0.3) is 0 Å². The van der Waals surface area contributed by atoms with Crippen molar-refractivity contribution in [3.8, 4) is 11.5 Å². The van der Waals surface area contributed by atoms with E-state index in [-0.39, 0.29) is 29.2 Å². The number of rotatable bonds is 8. The molecular weight excluding hydrogens is 334 g/mol. The molecule has 0 aliphatic heterocycles. The van der Waals surface area contributed by atoms with Gasteiger partial charge in [-0.05, 0) is 50.2 Å². The molecule has 0 atom stereocenters. The monoisotopic (exact) mass is 357 g/mol. The molecule has 1 aromatic carbocycles. The molecule has 2 aromatic rings. The van der Waals surface area contributed by atoms with Crippen LogP contribution >= 0.6 is 0 Å². The van der Waals surface area contributed by atoms with Crippen LogP contribution in [0, 0.1) is 0 Å². The Hall–Kier alpha value is -3.09. The van der Waals surface area contributed by atoms with Crippen LogP contribution in [0.3, 0.4) is 0 Å². The summed E-state index contributed by atoms with van der Waals surface area (Å²) in [7, 11) is 1.60. The fraction of sp³-hybridized carbons (Fsp3) is 0.316. The molecule has 0 aliphatic rings. The van der Waals surface area contributed by atoms with Gasteiger partial charge < -0.3 is 20.1 Å². The zero-order valence-electron chi connectivity index (χ0n) is 15.1. The first-order chi connectivity index (χ1) is 12.5. The standard InChI is InChI=1S/C19H23N3O4/c1-13(2)21-19(24)17-6-4-5-16(22-17)18(23)20-11-12-26-15-9-7-14(25-3)8-10-15/h4-10,13H,11-12H2,1-3H3,(H,20,23)(H,21,24). The number of nitrogens with zero attached hydrogens (tertiary/aromatic N) is 1. The molecule has 7 nitrogen and oxygen atoms in total. The third kappa shape index (κ3) is 5.77. The van der Waals surface area contributed by atoms with Crippen LogP contribution in [0.5, 0.6) is 11.5 Å². The van der Waals surface area contributed by atoms with E-state index in [4.69, 9.17) is 9.47 Å². The lowest BCUT2D eigenvalue weighted by Crippen LogP contribution is -2.32. The number of hydrogen-bond acceptors (Lipinski definition) is 5. The third-order valence-corrected chi connectivity index (χ3v) is 3.35. The number of hydrogen-bond donors (Lipinski definition) is 2. The first-order valence-electron chi connectivity index (χ1n) is 8.32. The Morgan fingerprint density at radius 3 is 2.23 bits per heavy atom. The average molecular weight is 357 g/mol. The Labute approximate surface area is 152 Å². The number of aromatic nitrogens is 1. The van der Waals surface area contributed by atoms with Gasteiger partial charge in [0.1, 0.15) is 29.5 Å². The molecule has 1 heterocycles. The zero-order valence-corrected chi connectivity index (χ0v) is 15.1. The highest BCUT2D eigenvalue weighted by atomic mass is 16.5. The van der Waals surface area contributed by atoms with Gasteiger partial charge in [0.25, 0.3) is 11.8 Å². The summed E-state index contributed by atoms with van der Waals surface area (Å²) in [4.78, 5) is 28.2. The molecule has 0 fully saturated rings. The van der Waals surface area contributed by atoms with Gasteiger partial charge in [0.05, 0.1) is 13.7 Å². The Kier molecular flexibility index (Phi) is 6.96. The van der Waals surface area contributed by atoms with Crippen molar-refractivity contribution in [2.45, 2.75) is 19.9 Å². The van der Waals surface area contributed by atoms with Crippen molar-refractivity contribution in [3.63, 3.8) is 0 Å². The van der Waals surface area contributed by atoms with E-state index in [0.717, 1.165) is 5.75 Å². The number of ether oxygens (including phenoxy) is 2. The van der Waals surface area contributed by atoms with Crippen molar-refractivity contribution >= 4 is 11.8 Å². The lowest BCUT2D eigenvalue weighted by Gasteiger charge is -2.10. The fourth-order valence-corrected chi connectivity index (χ4v) is 2.12. The summed E-state index contributed by atoms with van der Waals surface area (Å²) in [6.07, 6.45) is 0. The van der Waals surface area contributed by atoms with Gasteiger partial charge in [-0.15, -0.1) is 0 Å². The second kappa shape index (κ2) is 9.41. The van der Waals surface area contributed by atoms with Gasteiger partial charge in [-0.25, -0.2) is 4.98 Å². The molecule has 26 heavy (non-hydrogen) atoms. The van der Waals surface area contributed by atoms with Crippen molar-refractivity contribution in [2.24, 2.45) is 0 Å². The summed E-state index contributed by atoms with van der Waals surface area (Å²) in [6.45, 7) is 4.34. The van der Waals surface area contributed by atoms with Crippen LogP contribution in [0.15, 0.2) is 42.5 Å². The number of amides is 2. The van der Waals surface area contributed by atoms with Gasteiger partial charge >= 0.3 is 0 Å². The number of carbonyl (C=O) groups excluding carboxylic acids is 2. The summed E-state index contributed by atoms with van der Waals surface area (Å²) < 4.78 is 10.6. The molecule has 0 aliphatic carbocycles. The molecular formula is C19H23N3O4. The van der Waals surface area contributed by atoms with E-state index in [0.29, 0.717) is 18.9 Å². The van der Waals surface area contributed by atoms with E-state index in [1.165, 1.54) is 0 Å². The van der Waals surface area contributed by atoms with Crippen LogP contribution in [0.4, 0.5) is 0 Å². The van der Waals surface area contributed by atoms with Gasteiger partial charge in [0.15, 0.2) is 0 Å². The summed E-state index contributed by atoms with van der Waals surface area (Å²) >= 11 is 0. The molecule has 2 rings (SSSR count). The topological polar surface area (TPSA) is 89.5 Å². The van der Waals surface area contributed by atoms with Crippen molar-refractivity contribution in [1.29, 1.82) is 0 Å². The maximum absolute atomic E-state index is 12.2. The second-order valence-corrected chi connectivity index (χ2v) is 5.82. The summed E-state index contributed by atoms with van der Waals surface area (Å²) in [5.41, 5.74) is 0.395. The van der Waals surface area contributed by atoms with Gasteiger partial charge in [0.2, 0.25) is 0 Å². The van der Waals surface area contributed by atoms with Crippen molar-refractivity contribution < 1.29 is 19.1 Å². The molecule has 0 unspecified atom stereocenters. The maximum atomic E-state index is 12.2. The van der Waals surface area contributed by atoms with E-state index in [2.05, 4.69) is 15.6 Å².